The van der Waals surface area contributed by atoms with Crippen LogP contribution in [0.3, 0.4) is 0 Å². The van der Waals surface area contributed by atoms with Gasteiger partial charge in [0, 0.05) is 18.0 Å². The molecule has 0 amide bonds. The standard InChI is InChI=1S/C20H20ClN5O3S/c1-12-4-5-16(8-13(12)2)30(27,28)26-17-10-15(21)11-24-20(17)19(25-29-3)14-6-7-23-18(22)9-14/h4-11,26H,1-3H3,(H2,22,23)/b25-19+. The van der Waals surface area contributed by atoms with Gasteiger partial charge < -0.3 is 10.6 Å². The van der Waals surface area contributed by atoms with Crippen molar-refractivity contribution in [3.63, 3.8) is 0 Å². The van der Waals surface area contributed by atoms with Crippen molar-refractivity contribution >= 4 is 38.8 Å². The molecule has 0 atom stereocenters. The molecule has 0 radical (unpaired) electrons. The lowest BCUT2D eigenvalue weighted by molar-refractivity contribution is 0.214. The molecule has 2 aromatic heterocycles. The summed E-state index contributed by atoms with van der Waals surface area (Å²) in [6.07, 6.45) is 2.89. The van der Waals surface area contributed by atoms with Gasteiger partial charge in [-0.3, -0.25) is 9.71 Å². The molecule has 0 fully saturated rings. The van der Waals surface area contributed by atoms with Crippen molar-refractivity contribution in [2.24, 2.45) is 5.16 Å². The maximum atomic E-state index is 13.0. The fourth-order valence-electron chi connectivity index (χ4n) is 2.71. The van der Waals surface area contributed by atoms with Crippen LogP contribution in [-0.4, -0.2) is 31.2 Å². The molecule has 30 heavy (non-hydrogen) atoms. The summed E-state index contributed by atoms with van der Waals surface area (Å²) in [7, 11) is -2.54. The number of halogens is 1. The molecule has 8 nitrogen and oxygen atoms in total. The number of sulfonamides is 1. The van der Waals surface area contributed by atoms with E-state index in [4.69, 9.17) is 22.2 Å². The van der Waals surface area contributed by atoms with E-state index in [9.17, 15) is 8.42 Å². The molecule has 0 aliphatic rings. The van der Waals surface area contributed by atoms with E-state index in [0.717, 1.165) is 11.1 Å². The number of benzene rings is 1. The molecule has 156 valence electrons. The van der Waals surface area contributed by atoms with E-state index in [1.54, 1.807) is 24.3 Å². The van der Waals surface area contributed by atoms with E-state index in [1.165, 1.54) is 31.6 Å². The maximum absolute atomic E-state index is 13.0. The second-order valence-corrected chi connectivity index (χ2v) is 8.61. The van der Waals surface area contributed by atoms with Gasteiger partial charge in [-0.05, 0) is 55.3 Å². The van der Waals surface area contributed by atoms with Gasteiger partial charge in [-0.25, -0.2) is 13.4 Å². The summed E-state index contributed by atoms with van der Waals surface area (Å²) in [6.45, 7) is 3.75. The van der Waals surface area contributed by atoms with Gasteiger partial charge in [0.2, 0.25) is 0 Å². The quantitative estimate of drug-likeness (QED) is 0.442. The minimum Gasteiger partial charge on any atom is -0.399 e. The third-order valence-corrected chi connectivity index (χ3v) is 5.92. The van der Waals surface area contributed by atoms with Crippen LogP contribution in [0, 0.1) is 13.8 Å². The molecule has 0 bridgehead atoms. The normalized spacial score (nSPS) is 11.9. The second kappa shape index (κ2) is 8.68. The molecular formula is C20H20ClN5O3S. The lowest BCUT2D eigenvalue weighted by Crippen LogP contribution is -2.18. The van der Waals surface area contributed by atoms with E-state index in [2.05, 4.69) is 19.8 Å². The number of aromatic nitrogens is 2. The fourth-order valence-corrected chi connectivity index (χ4v) is 4.01. The van der Waals surface area contributed by atoms with Gasteiger partial charge in [-0.2, -0.15) is 0 Å². The summed E-state index contributed by atoms with van der Waals surface area (Å²) in [5, 5.41) is 4.27. The molecule has 3 rings (SSSR count). The Morgan fingerprint density at radius 2 is 1.90 bits per heavy atom. The Morgan fingerprint density at radius 1 is 1.13 bits per heavy atom. The molecular weight excluding hydrogens is 426 g/mol. The molecule has 3 N–H and O–H groups in total. The number of hydrogen-bond acceptors (Lipinski definition) is 7. The van der Waals surface area contributed by atoms with Crippen LogP contribution in [0.25, 0.3) is 0 Å². The lowest BCUT2D eigenvalue weighted by Gasteiger charge is -2.14. The van der Waals surface area contributed by atoms with Crippen molar-refractivity contribution in [1.82, 2.24) is 9.97 Å². The minimum absolute atomic E-state index is 0.120. The van der Waals surface area contributed by atoms with E-state index in [-0.39, 0.29) is 32.8 Å². The molecule has 3 aromatic rings. The molecule has 1 aromatic carbocycles. The summed E-state index contributed by atoms with van der Waals surface area (Å²) in [4.78, 5) is 13.3. The number of nitrogen functional groups attached to an aromatic ring is 1. The topological polar surface area (TPSA) is 120 Å². The van der Waals surface area contributed by atoms with Gasteiger partial charge in [0.1, 0.15) is 24.3 Å². The van der Waals surface area contributed by atoms with Gasteiger partial charge in [-0.1, -0.05) is 22.8 Å². The van der Waals surface area contributed by atoms with Crippen LogP contribution < -0.4 is 10.5 Å². The molecule has 0 unspecified atom stereocenters. The monoisotopic (exact) mass is 445 g/mol. The molecule has 0 aliphatic carbocycles. The Morgan fingerprint density at radius 3 is 2.57 bits per heavy atom. The number of aryl methyl sites for hydroxylation is 2. The van der Waals surface area contributed by atoms with Crippen LogP contribution in [0.1, 0.15) is 22.4 Å². The number of nitrogens with one attached hydrogen (secondary N) is 1. The van der Waals surface area contributed by atoms with Crippen LogP contribution in [0.2, 0.25) is 5.02 Å². The van der Waals surface area contributed by atoms with E-state index >= 15 is 0 Å². The van der Waals surface area contributed by atoms with E-state index in [1.807, 2.05) is 13.8 Å². The summed E-state index contributed by atoms with van der Waals surface area (Å²) >= 11 is 6.09. The largest absolute Gasteiger partial charge is 0.399 e. The molecule has 0 saturated heterocycles. The highest BCUT2D eigenvalue weighted by molar-refractivity contribution is 7.92. The van der Waals surface area contributed by atoms with Gasteiger partial charge >= 0.3 is 0 Å². The molecule has 0 spiro atoms. The average Bonchev–Trinajstić information content (AvgIpc) is 2.68. The third kappa shape index (κ3) is 4.69. The summed E-state index contributed by atoms with van der Waals surface area (Å²) in [6, 6.07) is 9.58. The Hall–Kier alpha value is -3.17. The second-order valence-electron chi connectivity index (χ2n) is 6.49. The summed E-state index contributed by atoms with van der Waals surface area (Å²) < 4.78 is 28.6. The molecule has 2 heterocycles. The zero-order valence-corrected chi connectivity index (χ0v) is 18.1. The van der Waals surface area contributed by atoms with Gasteiger partial charge in [0.15, 0.2) is 0 Å². The van der Waals surface area contributed by atoms with Crippen molar-refractivity contribution in [2.45, 2.75) is 18.7 Å². The Bertz CT molecular complexity index is 1230. The number of hydrogen-bond donors (Lipinski definition) is 2. The SMILES string of the molecule is CO/N=C(\c1ccnc(N)c1)c1ncc(Cl)cc1NS(=O)(=O)c1ccc(C)c(C)c1. The van der Waals surface area contributed by atoms with Gasteiger partial charge in [0.25, 0.3) is 10.0 Å². The lowest BCUT2D eigenvalue weighted by atomic mass is 10.1. The fraction of sp³-hybridized carbons (Fsp3) is 0.150. The number of nitrogens with two attached hydrogens (primary N) is 1. The summed E-state index contributed by atoms with van der Waals surface area (Å²) in [5.41, 5.74) is 8.80. The number of anilines is 2. The van der Waals surface area contributed by atoms with E-state index in [0.29, 0.717) is 5.56 Å². The maximum Gasteiger partial charge on any atom is 0.261 e. The minimum atomic E-state index is -3.91. The van der Waals surface area contributed by atoms with Crippen molar-refractivity contribution in [3.8, 4) is 0 Å². The first-order valence-corrected chi connectivity index (χ1v) is 10.7. The zero-order valence-electron chi connectivity index (χ0n) is 16.5. The molecule has 10 heteroatoms. The molecule has 0 saturated carbocycles. The van der Waals surface area contributed by atoms with Crippen molar-refractivity contribution < 1.29 is 13.3 Å². The Kier molecular flexibility index (Phi) is 6.23. The highest BCUT2D eigenvalue weighted by atomic mass is 35.5. The first-order valence-electron chi connectivity index (χ1n) is 8.80. The zero-order chi connectivity index (χ0) is 21.9. The predicted molar refractivity (Wildman–Crippen MR) is 117 cm³/mol. The van der Waals surface area contributed by atoms with Crippen LogP contribution in [0.5, 0.6) is 0 Å². The number of pyridine rings is 2. The number of rotatable bonds is 6. The van der Waals surface area contributed by atoms with Crippen LogP contribution in [0.4, 0.5) is 11.5 Å². The van der Waals surface area contributed by atoms with Crippen molar-refractivity contribution in [1.29, 1.82) is 0 Å². The predicted octanol–water partition coefficient (Wildman–Crippen LogP) is 3.53. The van der Waals surface area contributed by atoms with Crippen molar-refractivity contribution in [3.05, 3.63) is 76.2 Å². The third-order valence-electron chi connectivity index (χ3n) is 4.35. The van der Waals surface area contributed by atoms with Gasteiger partial charge in [0.05, 0.1) is 15.6 Å². The van der Waals surface area contributed by atoms with E-state index < -0.39 is 10.0 Å². The Balaban J connectivity index is 2.11. The first kappa shape index (κ1) is 21.5. The van der Waals surface area contributed by atoms with Crippen LogP contribution in [-0.2, 0) is 14.9 Å². The summed E-state index contributed by atoms with van der Waals surface area (Å²) in [5.74, 6) is 0.266. The number of nitrogens with zero attached hydrogens (tertiary/aromatic N) is 3. The number of oxime groups is 1. The van der Waals surface area contributed by atoms with Crippen LogP contribution in [0.15, 0.2) is 58.8 Å². The molecule has 0 aliphatic heterocycles. The average molecular weight is 446 g/mol. The van der Waals surface area contributed by atoms with Crippen molar-refractivity contribution in [2.75, 3.05) is 17.6 Å². The highest BCUT2D eigenvalue weighted by Crippen LogP contribution is 2.26. The smallest absolute Gasteiger partial charge is 0.261 e. The van der Waals surface area contributed by atoms with Crippen LogP contribution >= 0.6 is 11.6 Å². The van der Waals surface area contributed by atoms with Gasteiger partial charge in [-0.15, -0.1) is 0 Å². The first-order chi connectivity index (χ1) is 14.2. The highest BCUT2D eigenvalue weighted by Gasteiger charge is 2.21. The Labute approximate surface area is 179 Å².